The van der Waals surface area contributed by atoms with Crippen molar-refractivity contribution in [3.63, 3.8) is 0 Å². The van der Waals surface area contributed by atoms with Crippen LogP contribution in [0.4, 0.5) is 11.4 Å². The lowest BCUT2D eigenvalue weighted by Crippen LogP contribution is -2.51. The molecule has 31 heavy (non-hydrogen) atoms. The van der Waals surface area contributed by atoms with E-state index < -0.39 is 16.1 Å². The topological polar surface area (TPSA) is 69.7 Å². The van der Waals surface area contributed by atoms with Gasteiger partial charge in [0.05, 0.1) is 5.75 Å². The van der Waals surface area contributed by atoms with Gasteiger partial charge in [-0.1, -0.05) is 37.1 Å². The quantitative estimate of drug-likeness (QED) is 0.767. The Bertz CT molecular complexity index is 1010. The average Bonchev–Trinajstić information content (AvgIpc) is 3.08. The molecule has 0 saturated carbocycles. The highest BCUT2D eigenvalue weighted by Gasteiger charge is 2.37. The Hall–Kier alpha value is -2.38. The standard InChI is InChI=1S/C24H31N3O3S/c1-2-31(29,30)27-18-20-10-6-5-9-19(20)17-23(27)24(28)25-21-11-13-22(14-12-21)26-15-7-3-4-8-16-26/h5-6,9-14,23H,2-4,7-8,15-18H2,1H3,(H,25,28). The van der Waals surface area contributed by atoms with Crippen LogP contribution < -0.4 is 10.2 Å². The molecule has 0 spiro atoms. The number of sulfonamides is 1. The Balaban J connectivity index is 1.51. The molecular formula is C24H31N3O3S. The summed E-state index contributed by atoms with van der Waals surface area (Å²) in [7, 11) is -3.51. The van der Waals surface area contributed by atoms with Gasteiger partial charge in [0, 0.05) is 31.0 Å². The molecule has 0 aromatic heterocycles. The maximum Gasteiger partial charge on any atom is 0.243 e. The number of carbonyl (C=O) groups is 1. The zero-order valence-electron chi connectivity index (χ0n) is 18.1. The molecule has 1 atom stereocenters. The van der Waals surface area contributed by atoms with Gasteiger partial charge in [-0.15, -0.1) is 0 Å². The van der Waals surface area contributed by atoms with Crippen molar-refractivity contribution in [3.05, 3.63) is 59.7 Å². The molecule has 1 amide bonds. The summed E-state index contributed by atoms with van der Waals surface area (Å²) in [5, 5.41) is 2.95. The SMILES string of the molecule is CCS(=O)(=O)N1Cc2ccccc2CC1C(=O)Nc1ccc(N2CCCCCC2)cc1. The van der Waals surface area contributed by atoms with E-state index in [2.05, 4.69) is 10.2 Å². The second-order valence-corrected chi connectivity index (χ2v) is 10.6. The molecule has 4 rings (SSSR count). The molecule has 0 aliphatic carbocycles. The van der Waals surface area contributed by atoms with Crippen molar-refractivity contribution in [2.75, 3.05) is 29.1 Å². The third kappa shape index (κ3) is 4.93. The molecule has 2 aliphatic heterocycles. The minimum absolute atomic E-state index is 0.0243. The number of hydrogen-bond acceptors (Lipinski definition) is 4. The number of hydrogen-bond donors (Lipinski definition) is 1. The number of rotatable bonds is 5. The predicted molar refractivity (Wildman–Crippen MR) is 125 cm³/mol. The maximum atomic E-state index is 13.2. The van der Waals surface area contributed by atoms with E-state index in [1.54, 1.807) is 6.92 Å². The van der Waals surface area contributed by atoms with E-state index in [1.807, 2.05) is 48.5 Å². The molecule has 166 valence electrons. The van der Waals surface area contributed by atoms with Gasteiger partial charge in [0.15, 0.2) is 0 Å². The molecule has 6 nitrogen and oxygen atoms in total. The summed E-state index contributed by atoms with van der Waals surface area (Å²) in [6.07, 6.45) is 5.37. The largest absolute Gasteiger partial charge is 0.372 e. The molecule has 1 saturated heterocycles. The lowest BCUT2D eigenvalue weighted by molar-refractivity contribution is -0.120. The van der Waals surface area contributed by atoms with Crippen molar-refractivity contribution < 1.29 is 13.2 Å². The van der Waals surface area contributed by atoms with Crippen molar-refractivity contribution in [2.45, 2.75) is 51.6 Å². The van der Waals surface area contributed by atoms with Crippen LogP contribution >= 0.6 is 0 Å². The summed E-state index contributed by atoms with van der Waals surface area (Å²) in [6.45, 7) is 3.98. The lowest BCUT2D eigenvalue weighted by Gasteiger charge is -2.34. The normalized spacial score (nSPS) is 20.0. The summed E-state index contributed by atoms with van der Waals surface area (Å²) in [5.41, 5.74) is 3.85. The Labute approximate surface area is 185 Å². The summed E-state index contributed by atoms with van der Waals surface area (Å²) in [4.78, 5) is 15.5. The first-order valence-electron chi connectivity index (χ1n) is 11.2. The highest BCUT2D eigenvalue weighted by atomic mass is 32.2. The zero-order valence-corrected chi connectivity index (χ0v) is 18.9. The Morgan fingerprint density at radius 1 is 0.968 bits per heavy atom. The van der Waals surface area contributed by atoms with Crippen LogP contribution in [0.1, 0.15) is 43.7 Å². The van der Waals surface area contributed by atoms with Crippen LogP contribution in [0.25, 0.3) is 0 Å². The fourth-order valence-corrected chi connectivity index (χ4v) is 5.72. The number of nitrogens with one attached hydrogen (secondary N) is 1. The van der Waals surface area contributed by atoms with Gasteiger partial charge in [-0.05, 0) is 61.6 Å². The van der Waals surface area contributed by atoms with E-state index in [-0.39, 0.29) is 18.2 Å². The van der Waals surface area contributed by atoms with Gasteiger partial charge < -0.3 is 10.2 Å². The number of fused-ring (bicyclic) bond motifs is 1. The first kappa shape index (κ1) is 21.8. The van der Waals surface area contributed by atoms with Crippen LogP contribution in [-0.4, -0.2) is 43.5 Å². The number of nitrogens with zero attached hydrogens (tertiary/aromatic N) is 2. The van der Waals surface area contributed by atoms with E-state index in [0.29, 0.717) is 12.1 Å². The highest BCUT2D eigenvalue weighted by molar-refractivity contribution is 7.89. The van der Waals surface area contributed by atoms with Gasteiger partial charge in [-0.3, -0.25) is 4.79 Å². The van der Waals surface area contributed by atoms with E-state index in [4.69, 9.17) is 0 Å². The van der Waals surface area contributed by atoms with E-state index in [1.165, 1.54) is 35.7 Å². The van der Waals surface area contributed by atoms with Crippen LogP contribution in [-0.2, 0) is 27.8 Å². The summed E-state index contributed by atoms with van der Waals surface area (Å²) >= 11 is 0. The summed E-state index contributed by atoms with van der Waals surface area (Å²) < 4.78 is 26.8. The van der Waals surface area contributed by atoms with Gasteiger partial charge >= 0.3 is 0 Å². The molecule has 2 aromatic rings. The molecule has 1 unspecified atom stereocenters. The summed E-state index contributed by atoms with van der Waals surface area (Å²) in [6, 6.07) is 14.9. The molecule has 0 bridgehead atoms. The third-order valence-electron chi connectivity index (χ3n) is 6.34. The lowest BCUT2D eigenvalue weighted by atomic mass is 9.95. The molecule has 0 radical (unpaired) electrons. The van der Waals surface area contributed by atoms with Gasteiger partial charge in [-0.2, -0.15) is 4.31 Å². The highest BCUT2D eigenvalue weighted by Crippen LogP contribution is 2.27. The van der Waals surface area contributed by atoms with Gasteiger partial charge in [0.25, 0.3) is 0 Å². The average molecular weight is 442 g/mol. The smallest absolute Gasteiger partial charge is 0.243 e. The second kappa shape index (κ2) is 9.40. The Kier molecular flexibility index (Phi) is 6.62. The van der Waals surface area contributed by atoms with Gasteiger partial charge in [0.1, 0.15) is 6.04 Å². The second-order valence-electron chi connectivity index (χ2n) is 8.37. The number of benzene rings is 2. The maximum absolute atomic E-state index is 13.2. The van der Waals surface area contributed by atoms with Crippen LogP contribution in [0.5, 0.6) is 0 Å². The number of amides is 1. The van der Waals surface area contributed by atoms with Crippen molar-refractivity contribution in [3.8, 4) is 0 Å². The summed E-state index contributed by atoms with van der Waals surface area (Å²) in [5.74, 6) is -0.308. The molecule has 2 aliphatic rings. The number of anilines is 2. The predicted octanol–water partition coefficient (Wildman–Crippen LogP) is 3.78. The van der Waals surface area contributed by atoms with Crippen molar-refractivity contribution in [2.24, 2.45) is 0 Å². The minimum atomic E-state index is -3.51. The minimum Gasteiger partial charge on any atom is -0.372 e. The van der Waals surface area contributed by atoms with E-state index in [0.717, 1.165) is 24.2 Å². The van der Waals surface area contributed by atoms with Crippen LogP contribution in [0.3, 0.4) is 0 Å². The molecular weight excluding hydrogens is 410 g/mol. The Morgan fingerprint density at radius 3 is 2.26 bits per heavy atom. The molecule has 2 aromatic carbocycles. The molecule has 1 N–H and O–H groups in total. The Morgan fingerprint density at radius 2 is 1.61 bits per heavy atom. The van der Waals surface area contributed by atoms with Gasteiger partial charge in [0.2, 0.25) is 15.9 Å². The first-order chi connectivity index (χ1) is 15.0. The fourth-order valence-electron chi connectivity index (χ4n) is 4.49. The monoisotopic (exact) mass is 441 g/mol. The first-order valence-corrected chi connectivity index (χ1v) is 12.8. The van der Waals surface area contributed by atoms with E-state index in [9.17, 15) is 13.2 Å². The zero-order chi connectivity index (χ0) is 21.8. The molecule has 1 fully saturated rings. The van der Waals surface area contributed by atoms with Crippen LogP contribution in [0.15, 0.2) is 48.5 Å². The molecule has 7 heteroatoms. The molecule has 2 heterocycles. The van der Waals surface area contributed by atoms with Crippen LogP contribution in [0.2, 0.25) is 0 Å². The fraction of sp³-hybridized carbons (Fsp3) is 0.458. The third-order valence-corrected chi connectivity index (χ3v) is 8.16. The van der Waals surface area contributed by atoms with Crippen molar-refractivity contribution >= 4 is 27.3 Å². The van der Waals surface area contributed by atoms with E-state index >= 15 is 0 Å². The van der Waals surface area contributed by atoms with Crippen molar-refractivity contribution in [1.82, 2.24) is 4.31 Å². The van der Waals surface area contributed by atoms with Crippen molar-refractivity contribution in [1.29, 1.82) is 0 Å². The van der Waals surface area contributed by atoms with Gasteiger partial charge in [-0.25, -0.2) is 8.42 Å². The van der Waals surface area contributed by atoms with Crippen LogP contribution in [0, 0.1) is 0 Å². The number of carbonyl (C=O) groups excluding carboxylic acids is 1.